The lowest BCUT2D eigenvalue weighted by atomic mass is 10.2. The van der Waals surface area contributed by atoms with Crippen molar-refractivity contribution in [1.82, 2.24) is 4.31 Å². The second-order valence-electron chi connectivity index (χ2n) is 4.66. The van der Waals surface area contributed by atoms with Crippen molar-refractivity contribution in [2.24, 2.45) is 0 Å². The van der Waals surface area contributed by atoms with Gasteiger partial charge in [0, 0.05) is 13.1 Å². The first-order valence-electron chi connectivity index (χ1n) is 6.37. The van der Waals surface area contributed by atoms with Crippen LogP contribution >= 0.6 is 0 Å². The van der Waals surface area contributed by atoms with Gasteiger partial charge in [0.2, 0.25) is 15.8 Å². The predicted molar refractivity (Wildman–Crippen MR) is 70.3 cm³/mol. The normalized spacial score (nSPS) is 17.6. The molecule has 1 aliphatic rings. The van der Waals surface area contributed by atoms with Gasteiger partial charge in [-0.3, -0.25) is 10.1 Å². The van der Waals surface area contributed by atoms with Crippen LogP contribution in [0, 0.1) is 15.9 Å². The van der Waals surface area contributed by atoms with Gasteiger partial charge in [0.05, 0.1) is 4.92 Å². The van der Waals surface area contributed by atoms with Crippen LogP contribution in [0.25, 0.3) is 0 Å². The van der Waals surface area contributed by atoms with Crippen LogP contribution in [0.15, 0.2) is 23.1 Å². The number of halogens is 1. The molecular formula is C12H15FN2O4S. The fraction of sp³-hybridized carbons (Fsp3) is 0.500. The standard InChI is InChI=1S/C12H15FN2O4S/c13-10-6-5-7-11(12(10)15(16)17)20(18,19)14-8-3-1-2-4-9-14/h5-7H,1-4,8-9H2. The molecule has 1 aromatic rings. The third-order valence-corrected chi connectivity index (χ3v) is 5.25. The van der Waals surface area contributed by atoms with Gasteiger partial charge in [-0.1, -0.05) is 18.9 Å². The summed E-state index contributed by atoms with van der Waals surface area (Å²) in [7, 11) is -4.03. The minimum absolute atomic E-state index is 0.315. The van der Waals surface area contributed by atoms with Crippen LogP contribution < -0.4 is 0 Å². The fourth-order valence-electron chi connectivity index (χ4n) is 2.30. The second kappa shape index (κ2) is 5.84. The largest absolute Gasteiger partial charge is 0.324 e. The van der Waals surface area contributed by atoms with E-state index in [-0.39, 0.29) is 0 Å². The lowest BCUT2D eigenvalue weighted by molar-refractivity contribution is -0.390. The predicted octanol–water partition coefficient (Wildman–Crippen LogP) is 2.30. The molecule has 0 N–H and O–H groups in total. The Morgan fingerprint density at radius 2 is 1.75 bits per heavy atom. The second-order valence-corrected chi connectivity index (χ2v) is 6.57. The molecular weight excluding hydrogens is 287 g/mol. The number of nitrogens with zero attached hydrogens (tertiary/aromatic N) is 2. The average molecular weight is 302 g/mol. The number of rotatable bonds is 3. The van der Waals surface area contributed by atoms with Gasteiger partial charge in [-0.2, -0.15) is 8.70 Å². The van der Waals surface area contributed by atoms with E-state index in [0.717, 1.165) is 25.0 Å². The minimum Gasteiger partial charge on any atom is -0.258 e. The molecule has 1 aliphatic heterocycles. The monoisotopic (exact) mass is 302 g/mol. The Hall–Kier alpha value is -1.54. The maximum atomic E-state index is 13.6. The van der Waals surface area contributed by atoms with Crippen molar-refractivity contribution in [3.05, 3.63) is 34.1 Å². The van der Waals surface area contributed by atoms with E-state index in [1.54, 1.807) is 0 Å². The highest BCUT2D eigenvalue weighted by Gasteiger charge is 2.34. The Morgan fingerprint density at radius 3 is 2.30 bits per heavy atom. The quantitative estimate of drug-likeness (QED) is 0.634. The minimum atomic E-state index is -4.03. The highest BCUT2D eigenvalue weighted by Crippen LogP contribution is 2.30. The van der Waals surface area contributed by atoms with Gasteiger partial charge >= 0.3 is 5.69 Å². The van der Waals surface area contributed by atoms with Crippen LogP contribution in [0.2, 0.25) is 0 Å². The van der Waals surface area contributed by atoms with Crippen molar-refractivity contribution in [2.45, 2.75) is 30.6 Å². The van der Waals surface area contributed by atoms with Crippen LogP contribution in [0.5, 0.6) is 0 Å². The molecule has 0 saturated carbocycles. The summed E-state index contributed by atoms with van der Waals surface area (Å²) in [6.45, 7) is 0.631. The highest BCUT2D eigenvalue weighted by atomic mass is 32.2. The first kappa shape index (κ1) is 14.9. The Kier molecular flexibility index (Phi) is 4.34. The molecule has 0 unspecified atom stereocenters. The molecule has 0 bridgehead atoms. The molecule has 0 aliphatic carbocycles. The Morgan fingerprint density at radius 1 is 1.15 bits per heavy atom. The van der Waals surface area contributed by atoms with Gasteiger partial charge < -0.3 is 0 Å². The van der Waals surface area contributed by atoms with Crippen LogP contribution in [0.1, 0.15) is 25.7 Å². The first-order valence-corrected chi connectivity index (χ1v) is 7.81. The molecule has 1 aromatic carbocycles. The summed E-state index contributed by atoms with van der Waals surface area (Å²) < 4.78 is 39.7. The van der Waals surface area contributed by atoms with E-state index in [1.807, 2.05) is 0 Å². The van der Waals surface area contributed by atoms with Gasteiger partial charge in [-0.15, -0.1) is 0 Å². The maximum Gasteiger partial charge on any atom is 0.324 e. The average Bonchev–Trinajstić information content (AvgIpc) is 2.67. The van der Waals surface area contributed by atoms with Crippen LogP contribution in [0.4, 0.5) is 10.1 Å². The molecule has 0 aromatic heterocycles. The summed E-state index contributed by atoms with van der Waals surface area (Å²) in [5.74, 6) is -1.13. The van der Waals surface area contributed by atoms with Crippen molar-refractivity contribution in [2.75, 3.05) is 13.1 Å². The smallest absolute Gasteiger partial charge is 0.258 e. The van der Waals surface area contributed by atoms with E-state index in [0.29, 0.717) is 25.9 Å². The molecule has 1 fully saturated rings. The van der Waals surface area contributed by atoms with Crippen molar-refractivity contribution in [3.8, 4) is 0 Å². The molecule has 20 heavy (non-hydrogen) atoms. The van der Waals surface area contributed by atoms with E-state index < -0.39 is 31.3 Å². The lowest BCUT2D eigenvalue weighted by Crippen LogP contribution is -2.32. The van der Waals surface area contributed by atoms with E-state index in [2.05, 4.69) is 0 Å². The summed E-state index contributed by atoms with van der Waals surface area (Å²) in [4.78, 5) is 9.37. The SMILES string of the molecule is O=[N+]([O-])c1c(F)cccc1S(=O)(=O)N1CCCCCC1. The van der Waals surface area contributed by atoms with Crippen LogP contribution in [-0.2, 0) is 10.0 Å². The van der Waals surface area contributed by atoms with Gasteiger partial charge in [-0.05, 0) is 25.0 Å². The topological polar surface area (TPSA) is 80.5 Å². The summed E-state index contributed by atoms with van der Waals surface area (Å²) in [6, 6.07) is 3.15. The van der Waals surface area contributed by atoms with Crippen molar-refractivity contribution in [3.63, 3.8) is 0 Å². The molecule has 6 nitrogen and oxygen atoms in total. The first-order chi connectivity index (χ1) is 9.44. The molecule has 110 valence electrons. The molecule has 1 saturated heterocycles. The van der Waals surface area contributed by atoms with Crippen molar-refractivity contribution < 1.29 is 17.7 Å². The number of nitro groups is 1. The number of hydrogen-bond acceptors (Lipinski definition) is 4. The maximum absolute atomic E-state index is 13.6. The number of hydrogen-bond donors (Lipinski definition) is 0. The zero-order chi connectivity index (χ0) is 14.8. The molecule has 2 rings (SSSR count). The zero-order valence-corrected chi connectivity index (χ0v) is 11.6. The molecule has 0 spiro atoms. The number of para-hydroxylation sites is 1. The van der Waals surface area contributed by atoms with Gasteiger partial charge in [0.25, 0.3) is 0 Å². The summed E-state index contributed by atoms with van der Waals surface area (Å²) in [6.07, 6.45) is 3.28. The molecule has 0 atom stereocenters. The molecule has 1 heterocycles. The summed E-state index contributed by atoms with van der Waals surface area (Å²) >= 11 is 0. The third kappa shape index (κ3) is 2.80. The summed E-state index contributed by atoms with van der Waals surface area (Å²) in [5.41, 5.74) is -0.975. The van der Waals surface area contributed by atoms with Crippen LogP contribution in [0.3, 0.4) is 0 Å². The van der Waals surface area contributed by atoms with Crippen molar-refractivity contribution >= 4 is 15.7 Å². The zero-order valence-electron chi connectivity index (χ0n) is 10.8. The highest BCUT2D eigenvalue weighted by molar-refractivity contribution is 7.89. The molecule has 8 heteroatoms. The lowest BCUT2D eigenvalue weighted by Gasteiger charge is -2.19. The fourth-order valence-corrected chi connectivity index (χ4v) is 3.99. The van der Waals surface area contributed by atoms with E-state index in [9.17, 15) is 22.9 Å². The van der Waals surface area contributed by atoms with Gasteiger partial charge in [0.1, 0.15) is 0 Å². The van der Waals surface area contributed by atoms with Gasteiger partial charge in [-0.25, -0.2) is 8.42 Å². The number of benzene rings is 1. The van der Waals surface area contributed by atoms with Crippen LogP contribution in [-0.4, -0.2) is 30.7 Å². The third-order valence-electron chi connectivity index (χ3n) is 3.32. The van der Waals surface area contributed by atoms with E-state index >= 15 is 0 Å². The Balaban J connectivity index is 2.48. The van der Waals surface area contributed by atoms with E-state index in [4.69, 9.17) is 0 Å². The molecule has 0 radical (unpaired) electrons. The molecule has 0 amide bonds. The number of nitro benzene ring substituents is 1. The summed E-state index contributed by atoms with van der Waals surface area (Å²) in [5, 5.41) is 10.9. The number of sulfonamides is 1. The Bertz CT molecular complexity index is 610. The van der Waals surface area contributed by atoms with E-state index in [1.165, 1.54) is 10.4 Å². The van der Waals surface area contributed by atoms with Crippen molar-refractivity contribution in [1.29, 1.82) is 0 Å². The Labute approximate surface area is 116 Å². The van der Waals surface area contributed by atoms with Gasteiger partial charge in [0.15, 0.2) is 4.90 Å².